The maximum absolute atomic E-state index is 11.7. The minimum Gasteiger partial charge on any atom is -0.355 e. The number of hydrogen-bond donors (Lipinski definition) is 0. The molecule has 0 atom stereocenters. The van der Waals surface area contributed by atoms with Crippen LogP contribution in [0, 0.1) is 29.6 Å². The van der Waals surface area contributed by atoms with E-state index in [9.17, 15) is 4.79 Å². The predicted octanol–water partition coefficient (Wildman–Crippen LogP) is 23.9. The Morgan fingerprint density at radius 3 is 1.28 bits per heavy atom. The lowest BCUT2D eigenvalue weighted by Gasteiger charge is -2.40. The molecule has 0 aliphatic carbocycles. The van der Waals surface area contributed by atoms with Gasteiger partial charge in [0.15, 0.2) is 5.82 Å². The van der Waals surface area contributed by atoms with Crippen LogP contribution in [0.5, 0.6) is 0 Å². The molecule has 0 spiro atoms. The van der Waals surface area contributed by atoms with Gasteiger partial charge in [-0.05, 0) is 144 Å². The molecule has 608 valence electrons. The molecule has 17 heteroatoms. The fourth-order valence-electron chi connectivity index (χ4n) is 11.9. The molecule has 0 radical (unpaired) electrons. The van der Waals surface area contributed by atoms with Gasteiger partial charge in [-0.25, -0.2) is 24.9 Å². The quantitative estimate of drug-likeness (QED) is 0.161. The van der Waals surface area contributed by atoms with E-state index < -0.39 is 0 Å². The third-order valence-electron chi connectivity index (χ3n) is 19.6. The minimum atomic E-state index is -0.104. The molecular weight excluding hydrogens is 1400 g/mol. The number of thiazole rings is 3. The van der Waals surface area contributed by atoms with Gasteiger partial charge < -0.3 is 14.7 Å². The van der Waals surface area contributed by atoms with Gasteiger partial charge in [0.2, 0.25) is 0 Å². The summed E-state index contributed by atoms with van der Waals surface area (Å²) in [7, 11) is 2.22. The lowest BCUT2D eigenvalue weighted by molar-refractivity contribution is 0.0930. The number of piperidine rings is 2. The van der Waals surface area contributed by atoms with Gasteiger partial charge >= 0.3 is 0 Å². The normalized spacial score (nSPS) is 15.1. The number of pyridine rings is 1. The van der Waals surface area contributed by atoms with E-state index in [0.717, 1.165) is 65.3 Å². The smallest absolute Gasteiger partial charge is 0.256 e. The van der Waals surface area contributed by atoms with Crippen LogP contribution in [0.25, 0.3) is 5.82 Å². The van der Waals surface area contributed by atoms with Crippen molar-refractivity contribution in [3.8, 4) is 5.82 Å². The highest BCUT2D eigenvalue weighted by Gasteiger charge is 2.31. The van der Waals surface area contributed by atoms with Gasteiger partial charge in [0, 0.05) is 117 Å². The van der Waals surface area contributed by atoms with Crippen molar-refractivity contribution >= 4 is 39.8 Å². The number of likely N-dealkylation sites (tertiary alicyclic amines) is 2. The van der Waals surface area contributed by atoms with Crippen LogP contribution in [0.4, 0.5) is 5.82 Å². The molecule has 3 aliphatic rings. The lowest BCUT2D eigenvalue weighted by Crippen LogP contribution is -2.41. The van der Waals surface area contributed by atoms with Crippen LogP contribution in [0.1, 0.15) is 321 Å². The number of hydrogen-bond acceptors (Lipinski definition) is 16. The Bertz CT molecular complexity index is 3840. The van der Waals surface area contributed by atoms with Crippen molar-refractivity contribution in [3.05, 3.63) is 179 Å². The fraction of sp³-hybridized carbons (Fsp3) is 0.652. The van der Waals surface area contributed by atoms with Crippen molar-refractivity contribution < 1.29 is 0 Å². The first-order chi connectivity index (χ1) is 50.1. The molecule has 11 rings (SSSR count). The van der Waals surface area contributed by atoms with E-state index in [1.54, 1.807) is 83.3 Å². The van der Waals surface area contributed by atoms with Crippen LogP contribution in [0.3, 0.4) is 0 Å². The Labute approximate surface area is 677 Å². The summed E-state index contributed by atoms with van der Waals surface area (Å²) in [5.74, 6) is 4.04. The summed E-state index contributed by atoms with van der Waals surface area (Å²) >= 11 is 5.15. The molecule has 3 fully saturated rings. The van der Waals surface area contributed by atoms with Crippen molar-refractivity contribution in [2.45, 2.75) is 323 Å². The zero-order chi connectivity index (χ0) is 82.7. The average molecular weight is 1550 g/mol. The SMILES string of the molecule is CC(C)(C)c1cncc(-n2ccccc2=O)n1.CC(C)(C)c1cncc(N2CCCC2)n1.CC(C)(C)c1cnccn1.CC(C)(C)c1cscn1.CC(C)N1CCC(C(C)(C)C)CC1.CC(C)c1nc(C(C)(C)C)cs1.CCc1ccccc1C(C)(C)C.CN1CCC(C(C)(C)C)CC1.Cc1nc(C(C)(C)C)cs1. The number of aromatic nitrogens is 10. The molecule has 0 unspecified atom stereocenters. The average Bonchev–Trinajstić information content (AvgIpc) is 1.64. The Morgan fingerprint density at radius 2 is 0.917 bits per heavy atom. The molecule has 109 heavy (non-hydrogen) atoms. The molecule has 1 aromatic carbocycles. The zero-order valence-corrected chi connectivity index (χ0v) is 77.4. The Hall–Kier alpha value is -5.98. The number of benzene rings is 1. The molecular formula is C92H151N13OS3. The van der Waals surface area contributed by atoms with Gasteiger partial charge in [0.25, 0.3) is 5.56 Å². The second-order valence-corrected chi connectivity index (χ2v) is 42.2. The van der Waals surface area contributed by atoms with Gasteiger partial charge in [-0.3, -0.25) is 29.3 Å². The van der Waals surface area contributed by atoms with Crippen LogP contribution < -0.4 is 10.5 Å². The Balaban J connectivity index is 0.000000320. The van der Waals surface area contributed by atoms with Crippen molar-refractivity contribution in [1.82, 2.24) is 59.2 Å². The van der Waals surface area contributed by atoms with Crippen LogP contribution in [0.15, 0.2) is 118 Å². The Morgan fingerprint density at radius 1 is 0.459 bits per heavy atom. The van der Waals surface area contributed by atoms with E-state index in [2.05, 4.69) is 329 Å². The summed E-state index contributed by atoms with van der Waals surface area (Å²) in [6, 6.07) is 14.5. The highest BCUT2D eigenvalue weighted by atomic mass is 32.1. The number of nitrogens with zero attached hydrogens (tertiary/aromatic N) is 13. The molecule has 0 bridgehead atoms. The summed E-state index contributed by atoms with van der Waals surface area (Å²) in [6.45, 7) is 80.4. The van der Waals surface area contributed by atoms with Gasteiger partial charge in [-0.1, -0.05) is 238 Å². The molecule has 7 aromatic heterocycles. The van der Waals surface area contributed by atoms with E-state index >= 15 is 0 Å². The highest BCUT2D eigenvalue weighted by Crippen LogP contribution is 2.36. The third-order valence-corrected chi connectivity index (χ3v) is 22.1. The third kappa shape index (κ3) is 36.2. The van der Waals surface area contributed by atoms with Gasteiger partial charge in [0.05, 0.1) is 62.1 Å². The van der Waals surface area contributed by atoms with Crippen molar-refractivity contribution in [1.29, 1.82) is 0 Å². The molecule has 8 aromatic rings. The summed E-state index contributed by atoms with van der Waals surface area (Å²) in [5.41, 5.74) is 13.4. The van der Waals surface area contributed by atoms with Crippen molar-refractivity contribution in [2.24, 2.45) is 22.7 Å². The van der Waals surface area contributed by atoms with Crippen LogP contribution in [-0.4, -0.2) is 112 Å². The first-order valence-electron chi connectivity index (χ1n) is 40.3. The highest BCUT2D eigenvalue weighted by molar-refractivity contribution is 7.10. The topological polar surface area (TPSA) is 148 Å². The van der Waals surface area contributed by atoms with Crippen LogP contribution in [0.2, 0.25) is 0 Å². The van der Waals surface area contributed by atoms with E-state index in [0.29, 0.717) is 22.6 Å². The zero-order valence-electron chi connectivity index (χ0n) is 74.9. The van der Waals surface area contributed by atoms with E-state index in [1.807, 2.05) is 24.8 Å². The monoisotopic (exact) mass is 1550 g/mol. The maximum Gasteiger partial charge on any atom is 0.256 e. The molecule has 0 amide bonds. The largest absolute Gasteiger partial charge is 0.355 e. The van der Waals surface area contributed by atoms with Crippen LogP contribution >= 0.6 is 34.0 Å². The molecule has 0 N–H and O–H groups in total. The Kier molecular flexibility index (Phi) is 38.6. The molecule has 3 saturated heterocycles. The van der Waals surface area contributed by atoms with Gasteiger partial charge in [0.1, 0.15) is 5.82 Å². The second-order valence-electron chi connectivity index (χ2n) is 39.5. The van der Waals surface area contributed by atoms with Crippen LogP contribution in [-0.2, 0) is 44.3 Å². The summed E-state index contributed by atoms with van der Waals surface area (Å²) in [6.07, 6.45) is 23.2. The fourth-order valence-corrected chi connectivity index (χ4v) is 14.5. The lowest BCUT2D eigenvalue weighted by atomic mass is 9.75. The first kappa shape index (κ1) is 97.2. The molecule has 14 nitrogen and oxygen atoms in total. The number of rotatable bonds is 5. The maximum atomic E-state index is 11.7. The minimum absolute atomic E-state index is 0.0819. The number of anilines is 1. The summed E-state index contributed by atoms with van der Waals surface area (Å²) < 4.78 is 1.49. The van der Waals surface area contributed by atoms with Gasteiger partial charge in [-0.15, -0.1) is 34.0 Å². The summed E-state index contributed by atoms with van der Waals surface area (Å²) in [5, 5.41) is 8.81. The molecule has 10 heterocycles. The van der Waals surface area contributed by atoms with E-state index in [1.165, 1.54) is 109 Å². The molecule has 0 saturated carbocycles. The second kappa shape index (κ2) is 43.3. The van der Waals surface area contributed by atoms with Crippen molar-refractivity contribution in [3.63, 3.8) is 0 Å². The van der Waals surface area contributed by atoms with Crippen molar-refractivity contribution in [2.75, 3.05) is 51.2 Å². The molecule has 3 aliphatic heterocycles. The van der Waals surface area contributed by atoms with E-state index in [4.69, 9.17) is 0 Å². The van der Waals surface area contributed by atoms with E-state index in [-0.39, 0.29) is 43.5 Å². The van der Waals surface area contributed by atoms with Gasteiger partial charge in [-0.2, -0.15) is 0 Å². The first-order valence-corrected chi connectivity index (χ1v) is 43.0. The summed E-state index contributed by atoms with van der Waals surface area (Å²) in [4.78, 5) is 58.0. The number of aryl methyl sites for hydroxylation is 2. The predicted molar refractivity (Wildman–Crippen MR) is 474 cm³/mol. The standard InChI is InChI=1S/C13H15N3O.C12H19N3.C12H25N.C12H18.C10H17NS.C10H21N.C8H12N2.C8H13NS.C7H11NS/c1-13(2,3)10-8-14-9-11(15-10)16-7-5-4-6-12(16)17;1-12(2,3)10-8-13-9-11(14-10)15-6-4-5-7-15;1-10(2)13-8-6-11(7-9-13)12(3,4)5;1-5-10-8-6-7-9-11(10)12(2,3)4;1-7(2)9-11-8(6-12-9)10(3,4)5;1-10(2,3)9-5-7-11(4)8-6-9;1-8(2,3)7-6-9-4-5-10-7;1-6-9-7(5-10-6)8(2,3)4;1-7(2,3)6-4-9-5-8-6/h4-9H,1-3H3;8-9H,4-7H2,1-3H3;10-11H,6-9H2,1-5H3;6-9H,5H2,1-4H3;6-7H,1-5H3;9H,5-8H2,1-4H3;4-6H,1-3H3;5H,1-4H3;4-5H,1-3H3.